The lowest BCUT2D eigenvalue weighted by Gasteiger charge is -2.26. The highest BCUT2D eigenvalue weighted by molar-refractivity contribution is 8.18. The second-order valence-corrected chi connectivity index (χ2v) is 9.55. The van der Waals surface area contributed by atoms with E-state index >= 15 is 0 Å². The minimum absolute atomic E-state index is 0.139. The number of benzene rings is 2. The van der Waals surface area contributed by atoms with E-state index in [1.807, 2.05) is 19.1 Å². The zero-order valence-corrected chi connectivity index (χ0v) is 22.0. The molecule has 11 heteroatoms. The Morgan fingerprint density at radius 2 is 1.82 bits per heavy atom. The van der Waals surface area contributed by atoms with Gasteiger partial charge in [0.2, 0.25) is 5.91 Å². The second-order valence-electron chi connectivity index (χ2n) is 8.56. The van der Waals surface area contributed by atoms with Crippen LogP contribution < -0.4 is 14.8 Å². The maximum Gasteiger partial charge on any atom is 0.294 e. The number of nitrogens with one attached hydrogen (secondary N) is 1. The second kappa shape index (κ2) is 12.6. The summed E-state index contributed by atoms with van der Waals surface area (Å²) in [5, 5.41) is 2.19. The molecule has 4 amide bonds. The monoisotopic (exact) mass is 539 g/mol. The Kier molecular flexibility index (Phi) is 9.03. The first kappa shape index (κ1) is 27.2. The summed E-state index contributed by atoms with van der Waals surface area (Å²) >= 11 is 0.764. The molecule has 2 aliphatic heterocycles. The number of carbonyl (C=O) groups excluding carboxylic acids is 4. The summed E-state index contributed by atoms with van der Waals surface area (Å²) in [6.45, 7) is 3.58. The highest BCUT2D eigenvalue weighted by atomic mass is 32.2. The molecule has 0 bridgehead atoms. The molecule has 4 rings (SSSR count). The SMILES string of the molecule is CCc1ccc(NC(=O)CN2C(=O)S/C(=C\c3ccc(OCC(=O)N4CCOCC4)c(OC)c3)C2=O)cc1. The zero-order valence-electron chi connectivity index (χ0n) is 21.2. The van der Waals surface area contributed by atoms with Crippen molar-refractivity contribution in [1.29, 1.82) is 0 Å². The Hall–Kier alpha value is -3.83. The number of thioether (sulfide) groups is 1. The van der Waals surface area contributed by atoms with Crippen LogP contribution in [0.2, 0.25) is 0 Å². The fraction of sp³-hybridized carbons (Fsp3) is 0.333. The Labute approximate surface area is 224 Å². The number of rotatable bonds is 9. The summed E-state index contributed by atoms with van der Waals surface area (Å²) in [4.78, 5) is 52.9. The van der Waals surface area contributed by atoms with Gasteiger partial charge in [0, 0.05) is 18.8 Å². The van der Waals surface area contributed by atoms with Gasteiger partial charge in [-0.05, 0) is 59.7 Å². The van der Waals surface area contributed by atoms with E-state index in [4.69, 9.17) is 14.2 Å². The maximum absolute atomic E-state index is 12.9. The van der Waals surface area contributed by atoms with Crippen molar-refractivity contribution >= 4 is 46.5 Å². The molecule has 1 N–H and O–H groups in total. The molecule has 2 fully saturated rings. The molecule has 2 saturated heterocycles. The van der Waals surface area contributed by atoms with E-state index in [-0.39, 0.29) is 24.0 Å². The van der Waals surface area contributed by atoms with Gasteiger partial charge >= 0.3 is 0 Å². The van der Waals surface area contributed by atoms with E-state index in [1.54, 1.807) is 41.3 Å². The molecule has 2 aliphatic rings. The van der Waals surface area contributed by atoms with E-state index in [0.29, 0.717) is 49.1 Å². The number of hydrogen-bond donors (Lipinski definition) is 1. The number of nitrogens with zero attached hydrogens (tertiary/aromatic N) is 2. The molecule has 0 radical (unpaired) electrons. The van der Waals surface area contributed by atoms with Gasteiger partial charge in [0.25, 0.3) is 17.1 Å². The van der Waals surface area contributed by atoms with E-state index in [1.165, 1.54) is 7.11 Å². The summed E-state index contributed by atoms with van der Waals surface area (Å²) in [5.41, 5.74) is 2.33. The van der Waals surface area contributed by atoms with Crippen molar-refractivity contribution in [2.45, 2.75) is 13.3 Å². The minimum Gasteiger partial charge on any atom is -0.493 e. The molecule has 0 unspecified atom stereocenters. The van der Waals surface area contributed by atoms with Gasteiger partial charge in [-0.2, -0.15) is 0 Å². The van der Waals surface area contributed by atoms with Gasteiger partial charge in [-0.25, -0.2) is 0 Å². The summed E-state index contributed by atoms with van der Waals surface area (Å²) in [6.07, 6.45) is 2.44. The van der Waals surface area contributed by atoms with E-state index in [2.05, 4.69) is 5.32 Å². The lowest BCUT2D eigenvalue weighted by atomic mass is 10.1. The molecule has 2 aromatic rings. The summed E-state index contributed by atoms with van der Waals surface area (Å²) < 4.78 is 16.3. The first-order valence-corrected chi connectivity index (χ1v) is 13.0. The number of anilines is 1. The van der Waals surface area contributed by atoms with Crippen LogP contribution in [0.5, 0.6) is 11.5 Å². The van der Waals surface area contributed by atoms with Gasteiger partial charge in [-0.1, -0.05) is 25.1 Å². The maximum atomic E-state index is 12.9. The van der Waals surface area contributed by atoms with Crippen LogP contribution >= 0.6 is 11.8 Å². The van der Waals surface area contributed by atoms with Crippen LogP contribution in [0.4, 0.5) is 10.5 Å². The van der Waals surface area contributed by atoms with Gasteiger partial charge in [0.15, 0.2) is 18.1 Å². The number of ether oxygens (including phenoxy) is 3. The van der Waals surface area contributed by atoms with Crippen molar-refractivity contribution < 1.29 is 33.4 Å². The van der Waals surface area contributed by atoms with Crippen molar-refractivity contribution in [3.8, 4) is 11.5 Å². The van der Waals surface area contributed by atoms with Crippen LogP contribution in [-0.2, 0) is 25.5 Å². The molecule has 2 heterocycles. The molecular weight excluding hydrogens is 510 g/mol. The zero-order chi connectivity index (χ0) is 27.1. The number of imide groups is 1. The summed E-state index contributed by atoms with van der Waals surface area (Å²) in [6, 6.07) is 12.4. The first-order chi connectivity index (χ1) is 18.4. The largest absolute Gasteiger partial charge is 0.493 e. The van der Waals surface area contributed by atoms with E-state index < -0.39 is 17.1 Å². The molecule has 200 valence electrons. The third-order valence-corrected chi connectivity index (χ3v) is 6.93. The smallest absolute Gasteiger partial charge is 0.294 e. The lowest BCUT2D eigenvalue weighted by molar-refractivity contribution is -0.137. The molecular formula is C27H29N3O7S. The van der Waals surface area contributed by atoms with Crippen molar-refractivity contribution in [3.05, 3.63) is 58.5 Å². The fourth-order valence-corrected chi connectivity index (χ4v) is 4.73. The van der Waals surface area contributed by atoms with E-state index in [0.717, 1.165) is 28.6 Å². The number of methoxy groups -OCH3 is 1. The Morgan fingerprint density at radius 1 is 1.08 bits per heavy atom. The fourth-order valence-electron chi connectivity index (χ4n) is 3.89. The van der Waals surface area contributed by atoms with Gasteiger partial charge in [0.05, 0.1) is 25.2 Å². The van der Waals surface area contributed by atoms with Crippen LogP contribution in [0.25, 0.3) is 6.08 Å². The van der Waals surface area contributed by atoms with Crippen LogP contribution in [-0.4, -0.2) is 79.3 Å². The number of amides is 4. The van der Waals surface area contributed by atoms with Crippen molar-refractivity contribution in [2.75, 3.05) is 51.9 Å². The van der Waals surface area contributed by atoms with Crippen LogP contribution in [0.15, 0.2) is 47.4 Å². The predicted octanol–water partition coefficient (Wildman–Crippen LogP) is 3.17. The minimum atomic E-state index is -0.549. The molecule has 0 saturated carbocycles. The quantitative estimate of drug-likeness (QED) is 0.484. The van der Waals surface area contributed by atoms with Crippen molar-refractivity contribution in [1.82, 2.24) is 9.80 Å². The average Bonchev–Trinajstić information content (AvgIpc) is 3.20. The van der Waals surface area contributed by atoms with Gasteiger partial charge in [-0.15, -0.1) is 0 Å². The first-order valence-electron chi connectivity index (χ1n) is 12.2. The molecule has 0 spiro atoms. The highest BCUT2D eigenvalue weighted by Crippen LogP contribution is 2.34. The summed E-state index contributed by atoms with van der Waals surface area (Å²) in [5.74, 6) is -0.404. The highest BCUT2D eigenvalue weighted by Gasteiger charge is 2.36. The third kappa shape index (κ3) is 6.73. The molecule has 38 heavy (non-hydrogen) atoms. The van der Waals surface area contributed by atoms with Crippen molar-refractivity contribution in [2.24, 2.45) is 0 Å². The lowest BCUT2D eigenvalue weighted by Crippen LogP contribution is -2.43. The third-order valence-electron chi connectivity index (χ3n) is 6.02. The number of aryl methyl sites for hydroxylation is 1. The Bertz CT molecular complexity index is 1240. The van der Waals surface area contributed by atoms with Crippen LogP contribution in [0.3, 0.4) is 0 Å². The number of hydrogen-bond acceptors (Lipinski definition) is 8. The number of carbonyl (C=O) groups is 4. The Morgan fingerprint density at radius 3 is 2.50 bits per heavy atom. The number of morpholine rings is 1. The van der Waals surface area contributed by atoms with Gasteiger partial charge < -0.3 is 24.4 Å². The molecule has 10 nitrogen and oxygen atoms in total. The normalized spacial score (nSPS) is 16.6. The van der Waals surface area contributed by atoms with Gasteiger partial charge in [0.1, 0.15) is 6.54 Å². The van der Waals surface area contributed by atoms with Crippen LogP contribution in [0.1, 0.15) is 18.1 Å². The molecule has 0 aliphatic carbocycles. The summed E-state index contributed by atoms with van der Waals surface area (Å²) in [7, 11) is 1.47. The standard InChI is InChI=1S/C27H29N3O7S/c1-3-18-4-7-20(8-5-18)28-24(31)16-30-26(33)23(38-27(30)34)15-19-6-9-21(22(14-19)35-2)37-17-25(32)29-10-12-36-13-11-29/h4-9,14-15H,3,10-13,16-17H2,1-2H3,(H,28,31)/b23-15-. The van der Waals surface area contributed by atoms with E-state index in [9.17, 15) is 19.2 Å². The van der Waals surface area contributed by atoms with Gasteiger partial charge in [-0.3, -0.25) is 24.1 Å². The molecule has 2 aromatic carbocycles. The topological polar surface area (TPSA) is 114 Å². The van der Waals surface area contributed by atoms with Crippen LogP contribution in [0, 0.1) is 0 Å². The average molecular weight is 540 g/mol. The molecule has 0 atom stereocenters. The molecule has 0 aromatic heterocycles. The van der Waals surface area contributed by atoms with Crippen molar-refractivity contribution in [3.63, 3.8) is 0 Å². The Balaban J connectivity index is 1.37. The predicted molar refractivity (Wildman–Crippen MR) is 143 cm³/mol.